The summed E-state index contributed by atoms with van der Waals surface area (Å²) in [6.07, 6.45) is 13.9. The van der Waals surface area contributed by atoms with Gasteiger partial charge in [0.25, 0.3) is 0 Å². The molecule has 0 heterocycles. The Balaban J connectivity index is 1.47. The maximum Gasteiger partial charge on any atom is 0.308 e. The minimum absolute atomic E-state index is 0.284. The molecule has 1 saturated carbocycles. The average molecular weight is 393 g/mol. The molecule has 0 spiro atoms. The molecule has 1 aliphatic rings. The monoisotopic (exact) mass is 392 g/mol. The van der Waals surface area contributed by atoms with Crippen molar-refractivity contribution >= 4 is 5.97 Å². The zero-order valence-electron chi connectivity index (χ0n) is 18.2. The molecule has 1 aliphatic carbocycles. The predicted octanol–water partition coefficient (Wildman–Crippen LogP) is 7.91. The number of carbonyl (C=O) groups excluding carboxylic acids is 1. The fourth-order valence-electron chi connectivity index (χ4n) is 4.65. The molecule has 156 valence electrons. The minimum Gasteiger partial charge on any atom is -0.427 e. The predicted molar refractivity (Wildman–Crippen MR) is 121 cm³/mol. The molecule has 2 nitrogen and oxygen atoms in total. The smallest absolute Gasteiger partial charge is 0.308 e. The van der Waals surface area contributed by atoms with E-state index in [1.165, 1.54) is 82.3 Å². The largest absolute Gasteiger partial charge is 0.427 e. The molecule has 2 aromatic rings. The number of hydrogen-bond donors (Lipinski definition) is 0. The number of ether oxygens (including phenoxy) is 1. The van der Waals surface area contributed by atoms with E-state index in [4.69, 9.17) is 4.74 Å². The summed E-state index contributed by atoms with van der Waals surface area (Å²) in [5.41, 5.74) is 3.86. The van der Waals surface area contributed by atoms with Crippen molar-refractivity contribution < 1.29 is 9.53 Å². The summed E-state index contributed by atoms with van der Waals surface area (Å²) in [5.74, 6) is 2.00. The normalized spacial score (nSPS) is 19.1. The Morgan fingerprint density at radius 1 is 0.828 bits per heavy atom. The molecule has 1 fully saturated rings. The minimum atomic E-state index is -0.284. The number of esters is 1. The number of rotatable bonds is 9. The van der Waals surface area contributed by atoms with Crippen LogP contribution in [0.4, 0.5) is 0 Å². The molecule has 0 bridgehead atoms. The lowest BCUT2D eigenvalue weighted by molar-refractivity contribution is -0.131. The van der Waals surface area contributed by atoms with Crippen LogP contribution in [-0.2, 0) is 4.79 Å². The highest BCUT2D eigenvalue weighted by Crippen LogP contribution is 2.38. The highest BCUT2D eigenvalue weighted by molar-refractivity contribution is 5.70. The number of unbranched alkanes of at least 4 members (excludes halogenated alkanes) is 4. The molecule has 0 saturated heterocycles. The Kier molecular flexibility index (Phi) is 8.34. The van der Waals surface area contributed by atoms with Crippen molar-refractivity contribution in [3.05, 3.63) is 54.1 Å². The molecule has 0 unspecified atom stereocenters. The topological polar surface area (TPSA) is 26.3 Å². The maximum atomic E-state index is 11.0. The highest BCUT2D eigenvalue weighted by atomic mass is 16.5. The van der Waals surface area contributed by atoms with Crippen molar-refractivity contribution in [3.8, 4) is 16.9 Å². The summed E-state index contributed by atoms with van der Waals surface area (Å²) in [5, 5.41) is 0. The van der Waals surface area contributed by atoms with Gasteiger partial charge in [-0.2, -0.15) is 0 Å². The van der Waals surface area contributed by atoms with Crippen LogP contribution in [0.1, 0.15) is 89.5 Å². The van der Waals surface area contributed by atoms with Crippen LogP contribution in [0.2, 0.25) is 0 Å². The van der Waals surface area contributed by atoms with E-state index in [2.05, 4.69) is 31.2 Å². The van der Waals surface area contributed by atoms with Gasteiger partial charge in [-0.05, 0) is 66.3 Å². The molecule has 2 aromatic carbocycles. The number of benzene rings is 2. The summed E-state index contributed by atoms with van der Waals surface area (Å²) in [6, 6.07) is 16.8. The lowest BCUT2D eigenvalue weighted by Gasteiger charge is -2.29. The van der Waals surface area contributed by atoms with Gasteiger partial charge in [0.2, 0.25) is 0 Å². The van der Waals surface area contributed by atoms with E-state index in [1.54, 1.807) is 0 Å². The summed E-state index contributed by atoms with van der Waals surface area (Å²) in [6.45, 7) is 3.71. The van der Waals surface area contributed by atoms with Gasteiger partial charge in [0, 0.05) is 6.92 Å². The molecule has 0 aromatic heterocycles. The first-order valence-corrected chi connectivity index (χ1v) is 11.5. The van der Waals surface area contributed by atoms with Crippen LogP contribution in [-0.4, -0.2) is 5.97 Å². The second-order valence-electron chi connectivity index (χ2n) is 8.66. The summed E-state index contributed by atoms with van der Waals surface area (Å²) >= 11 is 0. The third-order valence-corrected chi connectivity index (χ3v) is 6.39. The molecular formula is C27H36O2. The van der Waals surface area contributed by atoms with Crippen molar-refractivity contribution in [2.45, 2.75) is 84.0 Å². The zero-order valence-corrected chi connectivity index (χ0v) is 18.2. The van der Waals surface area contributed by atoms with E-state index in [-0.39, 0.29) is 5.97 Å². The first-order valence-electron chi connectivity index (χ1n) is 11.5. The Morgan fingerprint density at radius 2 is 1.41 bits per heavy atom. The molecule has 0 atom stereocenters. The van der Waals surface area contributed by atoms with Crippen LogP contribution in [0.5, 0.6) is 5.75 Å². The fourth-order valence-corrected chi connectivity index (χ4v) is 4.65. The molecule has 0 N–H and O–H groups in total. The summed E-state index contributed by atoms with van der Waals surface area (Å²) in [4.78, 5) is 11.0. The van der Waals surface area contributed by atoms with Gasteiger partial charge in [-0.15, -0.1) is 0 Å². The van der Waals surface area contributed by atoms with Gasteiger partial charge in [0.05, 0.1) is 0 Å². The Bertz CT molecular complexity index is 737. The van der Waals surface area contributed by atoms with Gasteiger partial charge < -0.3 is 4.74 Å². The molecular weight excluding hydrogens is 356 g/mol. The maximum absolute atomic E-state index is 11.0. The van der Waals surface area contributed by atoms with E-state index >= 15 is 0 Å². The Labute approximate surface area is 176 Å². The van der Waals surface area contributed by atoms with E-state index < -0.39 is 0 Å². The highest BCUT2D eigenvalue weighted by Gasteiger charge is 2.22. The fraction of sp³-hybridized carbons (Fsp3) is 0.519. The van der Waals surface area contributed by atoms with Gasteiger partial charge >= 0.3 is 5.97 Å². The van der Waals surface area contributed by atoms with Gasteiger partial charge in [0.1, 0.15) is 5.75 Å². The van der Waals surface area contributed by atoms with Crippen molar-refractivity contribution in [3.63, 3.8) is 0 Å². The van der Waals surface area contributed by atoms with Gasteiger partial charge in [-0.25, -0.2) is 0 Å². The molecule has 0 radical (unpaired) electrons. The van der Waals surface area contributed by atoms with Crippen molar-refractivity contribution in [1.29, 1.82) is 0 Å². The third-order valence-electron chi connectivity index (χ3n) is 6.39. The number of hydrogen-bond acceptors (Lipinski definition) is 2. The summed E-state index contributed by atoms with van der Waals surface area (Å²) in [7, 11) is 0. The van der Waals surface area contributed by atoms with E-state index in [0.29, 0.717) is 5.75 Å². The average Bonchev–Trinajstić information content (AvgIpc) is 2.74. The van der Waals surface area contributed by atoms with Crippen LogP contribution >= 0.6 is 0 Å². The number of carbonyl (C=O) groups is 1. The standard InChI is InChI=1S/C27H36O2/c1-3-4-5-6-7-8-22-9-11-23(12-10-22)24-13-15-25(16-14-24)26-17-19-27(20-18-26)29-21(2)28/h13-20,22-23H,3-12H2,1-2H3. The van der Waals surface area contributed by atoms with E-state index in [1.807, 2.05) is 24.3 Å². The second-order valence-corrected chi connectivity index (χ2v) is 8.66. The molecule has 2 heteroatoms. The quantitative estimate of drug-likeness (QED) is 0.246. The van der Waals surface area contributed by atoms with Crippen molar-refractivity contribution in [1.82, 2.24) is 0 Å². The van der Waals surface area contributed by atoms with Crippen LogP contribution < -0.4 is 4.74 Å². The lowest BCUT2D eigenvalue weighted by Crippen LogP contribution is -2.13. The Hall–Kier alpha value is -2.09. The van der Waals surface area contributed by atoms with Gasteiger partial charge in [-0.3, -0.25) is 4.79 Å². The molecule has 3 rings (SSSR count). The van der Waals surface area contributed by atoms with Crippen molar-refractivity contribution in [2.24, 2.45) is 5.92 Å². The SMILES string of the molecule is CCCCCCCC1CCC(c2ccc(-c3ccc(OC(C)=O)cc3)cc2)CC1. The van der Waals surface area contributed by atoms with Gasteiger partial charge in [-0.1, -0.05) is 81.8 Å². The molecule has 0 aliphatic heterocycles. The Morgan fingerprint density at radius 3 is 2.00 bits per heavy atom. The first-order chi connectivity index (χ1) is 14.2. The third kappa shape index (κ3) is 6.73. The van der Waals surface area contributed by atoms with Crippen LogP contribution in [0.3, 0.4) is 0 Å². The van der Waals surface area contributed by atoms with Crippen LogP contribution in [0.25, 0.3) is 11.1 Å². The summed E-state index contributed by atoms with van der Waals surface area (Å²) < 4.78 is 5.11. The lowest BCUT2D eigenvalue weighted by atomic mass is 9.77. The second kappa shape index (κ2) is 11.2. The van der Waals surface area contributed by atoms with Crippen molar-refractivity contribution in [2.75, 3.05) is 0 Å². The molecule has 0 amide bonds. The van der Waals surface area contributed by atoms with Gasteiger partial charge in [0.15, 0.2) is 0 Å². The van der Waals surface area contributed by atoms with E-state index in [9.17, 15) is 4.79 Å². The van der Waals surface area contributed by atoms with E-state index in [0.717, 1.165) is 17.4 Å². The first kappa shape index (κ1) is 21.6. The molecule has 29 heavy (non-hydrogen) atoms. The van der Waals surface area contributed by atoms with Crippen LogP contribution in [0, 0.1) is 5.92 Å². The van der Waals surface area contributed by atoms with Crippen LogP contribution in [0.15, 0.2) is 48.5 Å². The zero-order chi connectivity index (χ0) is 20.5.